The van der Waals surface area contributed by atoms with Gasteiger partial charge in [-0.05, 0) is 64.5 Å². The van der Waals surface area contributed by atoms with Crippen LogP contribution in [0.1, 0.15) is 65.2 Å². The van der Waals surface area contributed by atoms with Crippen LogP contribution in [-0.4, -0.2) is 37.1 Å². The molecule has 1 aliphatic carbocycles. The zero-order chi connectivity index (χ0) is 13.7. The van der Waals surface area contributed by atoms with Gasteiger partial charge in [0.05, 0.1) is 0 Å². The number of piperidine rings is 1. The molecular formula is C17H34N2. The molecule has 0 aromatic heterocycles. The Balaban J connectivity index is 1.82. The zero-order valence-corrected chi connectivity index (χ0v) is 13.3. The monoisotopic (exact) mass is 266 g/mol. The van der Waals surface area contributed by atoms with Crippen molar-refractivity contribution in [2.75, 3.05) is 20.1 Å². The van der Waals surface area contributed by atoms with Crippen LogP contribution in [0.3, 0.4) is 0 Å². The SMILES string of the molecule is CCC(NC(C)C1CCCN(C)C1)C1CCCCC1. The normalized spacial score (nSPS) is 30.2. The molecule has 112 valence electrons. The molecule has 0 radical (unpaired) electrons. The maximum absolute atomic E-state index is 4.00. The van der Waals surface area contributed by atoms with E-state index in [1.807, 2.05) is 0 Å². The summed E-state index contributed by atoms with van der Waals surface area (Å²) in [5.41, 5.74) is 0. The van der Waals surface area contributed by atoms with Gasteiger partial charge in [-0.15, -0.1) is 0 Å². The van der Waals surface area contributed by atoms with Crippen LogP contribution in [0.15, 0.2) is 0 Å². The van der Waals surface area contributed by atoms with Crippen LogP contribution >= 0.6 is 0 Å². The van der Waals surface area contributed by atoms with Crippen LogP contribution in [0.2, 0.25) is 0 Å². The highest BCUT2D eigenvalue weighted by Gasteiger charge is 2.27. The Morgan fingerprint density at radius 2 is 1.74 bits per heavy atom. The van der Waals surface area contributed by atoms with Crippen molar-refractivity contribution in [3.05, 3.63) is 0 Å². The summed E-state index contributed by atoms with van der Waals surface area (Å²) in [6.45, 7) is 7.37. The zero-order valence-electron chi connectivity index (χ0n) is 13.3. The predicted molar refractivity (Wildman–Crippen MR) is 83.5 cm³/mol. The number of rotatable bonds is 5. The third kappa shape index (κ3) is 4.46. The minimum absolute atomic E-state index is 0.689. The highest BCUT2D eigenvalue weighted by atomic mass is 15.1. The molecule has 1 N–H and O–H groups in total. The molecule has 2 heteroatoms. The van der Waals surface area contributed by atoms with Gasteiger partial charge in [0.2, 0.25) is 0 Å². The summed E-state index contributed by atoms with van der Waals surface area (Å²) in [6.07, 6.45) is 11.4. The van der Waals surface area contributed by atoms with Crippen molar-refractivity contribution < 1.29 is 0 Å². The molecule has 0 aromatic carbocycles. The summed E-state index contributed by atoms with van der Waals surface area (Å²) in [5, 5.41) is 4.00. The molecule has 3 atom stereocenters. The van der Waals surface area contributed by atoms with Gasteiger partial charge in [-0.3, -0.25) is 0 Å². The first kappa shape index (κ1) is 15.3. The highest BCUT2D eigenvalue weighted by Crippen LogP contribution is 2.29. The molecule has 1 aliphatic heterocycles. The lowest BCUT2D eigenvalue weighted by Crippen LogP contribution is -2.48. The molecule has 3 unspecified atom stereocenters. The van der Waals surface area contributed by atoms with Gasteiger partial charge in [-0.1, -0.05) is 26.2 Å². The van der Waals surface area contributed by atoms with E-state index in [1.165, 1.54) is 64.5 Å². The van der Waals surface area contributed by atoms with E-state index in [2.05, 4.69) is 31.1 Å². The summed E-state index contributed by atoms with van der Waals surface area (Å²) in [7, 11) is 2.28. The van der Waals surface area contributed by atoms with E-state index >= 15 is 0 Å². The van der Waals surface area contributed by atoms with E-state index in [-0.39, 0.29) is 0 Å². The number of likely N-dealkylation sites (tertiary alicyclic amines) is 1. The van der Waals surface area contributed by atoms with Gasteiger partial charge in [-0.25, -0.2) is 0 Å². The maximum Gasteiger partial charge on any atom is 0.00953 e. The van der Waals surface area contributed by atoms with Crippen LogP contribution in [0.5, 0.6) is 0 Å². The number of hydrogen-bond acceptors (Lipinski definition) is 2. The number of nitrogens with zero attached hydrogens (tertiary/aromatic N) is 1. The molecule has 0 bridgehead atoms. The van der Waals surface area contributed by atoms with Crippen molar-refractivity contribution in [3.63, 3.8) is 0 Å². The Labute approximate surface area is 120 Å². The lowest BCUT2D eigenvalue weighted by Gasteiger charge is -2.38. The maximum atomic E-state index is 4.00. The van der Waals surface area contributed by atoms with E-state index in [9.17, 15) is 0 Å². The van der Waals surface area contributed by atoms with Gasteiger partial charge in [0.1, 0.15) is 0 Å². The van der Waals surface area contributed by atoms with Crippen molar-refractivity contribution in [2.24, 2.45) is 11.8 Å². The Hall–Kier alpha value is -0.0800. The van der Waals surface area contributed by atoms with Crippen LogP contribution < -0.4 is 5.32 Å². The lowest BCUT2D eigenvalue weighted by molar-refractivity contribution is 0.157. The second-order valence-corrected chi connectivity index (χ2v) is 7.03. The van der Waals surface area contributed by atoms with Crippen molar-refractivity contribution in [3.8, 4) is 0 Å². The average molecular weight is 266 g/mol. The fraction of sp³-hybridized carbons (Fsp3) is 1.00. The van der Waals surface area contributed by atoms with Crippen LogP contribution in [0.4, 0.5) is 0 Å². The molecular weight excluding hydrogens is 232 g/mol. The van der Waals surface area contributed by atoms with E-state index in [0.717, 1.165) is 17.9 Å². The molecule has 0 aromatic rings. The van der Waals surface area contributed by atoms with Gasteiger partial charge in [0, 0.05) is 18.6 Å². The Morgan fingerprint density at radius 3 is 2.37 bits per heavy atom. The van der Waals surface area contributed by atoms with Gasteiger partial charge in [-0.2, -0.15) is 0 Å². The third-order valence-corrected chi connectivity index (χ3v) is 5.50. The van der Waals surface area contributed by atoms with Gasteiger partial charge < -0.3 is 10.2 Å². The largest absolute Gasteiger partial charge is 0.311 e. The summed E-state index contributed by atoms with van der Waals surface area (Å²) >= 11 is 0. The van der Waals surface area contributed by atoms with Crippen molar-refractivity contribution >= 4 is 0 Å². The fourth-order valence-electron chi connectivity index (χ4n) is 4.21. The minimum atomic E-state index is 0.689. The van der Waals surface area contributed by atoms with Crippen molar-refractivity contribution in [2.45, 2.75) is 77.3 Å². The average Bonchev–Trinajstić information content (AvgIpc) is 2.45. The quantitative estimate of drug-likeness (QED) is 0.817. The molecule has 1 saturated heterocycles. The first-order valence-corrected chi connectivity index (χ1v) is 8.65. The van der Waals surface area contributed by atoms with E-state index in [4.69, 9.17) is 0 Å². The van der Waals surface area contributed by atoms with Gasteiger partial charge in [0.25, 0.3) is 0 Å². The topological polar surface area (TPSA) is 15.3 Å². The molecule has 19 heavy (non-hydrogen) atoms. The van der Waals surface area contributed by atoms with Crippen LogP contribution in [0.25, 0.3) is 0 Å². The Kier molecular flexibility index (Phi) is 6.15. The third-order valence-electron chi connectivity index (χ3n) is 5.50. The van der Waals surface area contributed by atoms with Crippen LogP contribution in [-0.2, 0) is 0 Å². The molecule has 2 nitrogen and oxygen atoms in total. The molecule has 2 aliphatic rings. The molecule has 0 amide bonds. The summed E-state index contributed by atoms with van der Waals surface area (Å²) in [4.78, 5) is 2.51. The summed E-state index contributed by atoms with van der Waals surface area (Å²) in [6, 6.07) is 1.46. The number of hydrogen-bond donors (Lipinski definition) is 1. The van der Waals surface area contributed by atoms with E-state index in [1.54, 1.807) is 0 Å². The lowest BCUT2D eigenvalue weighted by atomic mass is 9.82. The first-order valence-electron chi connectivity index (χ1n) is 8.65. The van der Waals surface area contributed by atoms with Crippen LogP contribution in [0, 0.1) is 11.8 Å². The Morgan fingerprint density at radius 1 is 1.05 bits per heavy atom. The summed E-state index contributed by atoms with van der Waals surface area (Å²) < 4.78 is 0. The predicted octanol–water partition coefficient (Wildman–Crippen LogP) is 3.67. The van der Waals surface area contributed by atoms with Crippen molar-refractivity contribution in [1.29, 1.82) is 0 Å². The standard InChI is InChI=1S/C17H34N2/c1-4-17(15-9-6-5-7-10-15)18-14(2)16-11-8-12-19(3)13-16/h14-18H,4-13H2,1-3H3. The van der Waals surface area contributed by atoms with Crippen molar-refractivity contribution in [1.82, 2.24) is 10.2 Å². The number of nitrogens with one attached hydrogen (secondary N) is 1. The molecule has 1 saturated carbocycles. The smallest absolute Gasteiger partial charge is 0.00953 e. The first-order chi connectivity index (χ1) is 9.20. The van der Waals surface area contributed by atoms with E-state index < -0.39 is 0 Å². The van der Waals surface area contributed by atoms with Gasteiger partial charge in [0.15, 0.2) is 0 Å². The Bertz CT molecular complexity index is 248. The second kappa shape index (κ2) is 7.64. The highest BCUT2D eigenvalue weighted by molar-refractivity contribution is 4.85. The summed E-state index contributed by atoms with van der Waals surface area (Å²) in [5.74, 6) is 1.80. The molecule has 2 rings (SSSR count). The van der Waals surface area contributed by atoms with Gasteiger partial charge >= 0.3 is 0 Å². The van der Waals surface area contributed by atoms with E-state index in [0.29, 0.717) is 6.04 Å². The molecule has 1 heterocycles. The fourth-order valence-corrected chi connectivity index (χ4v) is 4.21. The second-order valence-electron chi connectivity index (χ2n) is 7.03. The molecule has 2 fully saturated rings. The molecule has 0 spiro atoms. The minimum Gasteiger partial charge on any atom is -0.311 e.